The van der Waals surface area contributed by atoms with Crippen molar-refractivity contribution in [3.8, 4) is 0 Å². The molecular weight excluding hydrogens is 367 g/mol. The van der Waals surface area contributed by atoms with Crippen LogP contribution in [-0.2, 0) is 0 Å². The molecule has 0 aliphatic rings. The molecule has 2 aromatic rings. The number of carbonyl (C=O) groups excluding carboxylic acids is 1. The minimum absolute atomic E-state index is 0.0613. The number of amides is 1. The van der Waals surface area contributed by atoms with Gasteiger partial charge in [0.05, 0.1) is 10.5 Å². The van der Waals surface area contributed by atoms with Gasteiger partial charge in [-0.05, 0) is 30.3 Å². The summed E-state index contributed by atoms with van der Waals surface area (Å²) in [5.41, 5.74) is -0.659. The summed E-state index contributed by atoms with van der Waals surface area (Å²) in [5.74, 6) is -1.52. The Morgan fingerprint density at radius 1 is 1.29 bits per heavy atom. The van der Waals surface area contributed by atoms with Gasteiger partial charge in [-0.2, -0.15) is 0 Å². The molecule has 108 valence electrons. The van der Waals surface area contributed by atoms with Crippen molar-refractivity contribution < 1.29 is 14.1 Å². The van der Waals surface area contributed by atoms with Gasteiger partial charge in [0, 0.05) is 15.6 Å². The van der Waals surface area contributed by atoms with E-state index >= 15 is 0 Å². The Kier molecular flexibility index (Phi) is 4.54. The smallest absolute Gasteiger partial charge is 0.294 e. The third-order valence-corrected chi connectivity index (χ3v) is 3.31. The summed E-state index contributed by atoms with van der Waals surface area (Å²) in [7, 11) is 0. The van der Waals surface area contributed by atoms with E-state index in [1.54, 1.807) is 0 Å². The number of hydrogen-bond donors (Lipinski definition) is 1. The zero-order valence-corrected chi connectivity index (χ0v) is 12.6. The maximum atomic E-state index is 13.6. The molecule has 0 aromatic heterocycles. The van der Waals surface area contributed by atoms with Crippen LogP contribution in [0.15, 0.2) is 40.9 Å². The average molecular weight is 374 g/mol. The lowest BCUT2D eigenvalue weighted by molar-refractivity contribution is -0.383. The van der Waals surface area contributed by atoms with E-state index < -0.39 is 16.6 Å². The normalized spacial score (nSPS) is 10.2. The van der Waals surface area contributed by atoms with Crippen LogP contribution in [0.25, 0.3) is 0 Å². The molecule has 1 amide bonds. The first-order valence-corrected chi connectivity index (χ1v) is 6.76. The highest BCUT2D eigenvalue weighted by Crippen LogP contribution is 2.28. The van der Waals surface area contributed by atoms with Crippen molar-refractivity contribution in [3.63, 3.8) is 0 Å². The van der Waals surface area contributed by atoms with Crippen LogP contribution in [0.2, 0.25) is 5.02 Å². The van der Waals surface area contributed by atoms with Gasteiger partial charge >= 0.3 is 0 Å². The van der Waals surface area contributed by atoms with E-state index in [4.69, 9.17) is 11.6 Å². The van der Waals surface area contributed by atoms with E-state index in [0.29, 0.717) is 4.47 Å². The standard InChI is InChI=1S/C13H7BrClFN2O3/c14-7-1-3-10(16)9(5-7)13(19)17-11-4-2-8(15)6-12(11)18(20)21/h1-6H,(H,17,19). The van der Waals surface area contributed by atoms with E-state index in [-0.39, 0.29) is 22.0 Å². The summed E-state index contributed by atoms with van der Waals surface area (Å²) in [6, 6.07) is 7.63. The topological polar surface area (TPSA) is 72.2 Å². The number of anilines is 1. The van der Waals surface area contributed by atoms with Crippen molar-refractivity contribution in [2.45, 2.75) is 0 Å². The Balaban J connectivity index is 2.36. The van der Waals surface area contributed by atoms with Crippen LogP contribution in [0.5, 0.6) is 0 Å². The van der Waals surface area contributed by atoms with Crippen LogP contribution in [-0.4, -0.2) is 10.8 Å². The summed E-state index contributed by atoms with van der Waals surface area (Å²) < 4.78 is 14.1. The molecule has 8 heteroatoms. The van der Waals surface area contributed by atoms with Crippen LogP contribution >= 0.6 is 27.5 Å². The van der Waals surface area contributed by atoms with Crippen molar-refractivity contribution in [2.24, 2.45) is 0 Å². The summed E-state index contributed by atoms with van der Waals surface area (Å²) in [5, 5.41) is 13.4. The van der Waals surface area contributed by atoms with Crippen molar-refractivity contribution >= 4 is 44.8 Å². The molecule has 0 aliphatic carbocycles. The lowest BCUT2D eigenvalue weighted by atomic mass is 10.2. The number of nitrogens with one attached hydrogen (secondary N) is 1. The number of nitrogens with zero attached hydrogens (tertiary/aromatic N) is 1. The average Bonchev–Trinajstić information content (AvgIpc) is 2.43. The van der Waals surface area contributed by atoms with Crippen molar-refractivity contribution in [1.82, 2.24) is 0 Å². The summed E-state index contributed by atoms with van der Waals surface area (Å²) in [4.78, 5) is 22.3. The van der Waals surface area contributed by atoms with E-state index in [0.717, 1.165) is 12.1 Å². The highest BCUT2D eigenvalue weighted by molar-refractivity contribution is 9.10. The first kappa shape index (κ1) is 15.4. The third kappa shape index (κ3) is 3.56. The van der Waals surface area contributed by atoms with E-state index in [2.05, 4.69) is 21.2 Å². The molecule has 1 N–H and O–H groups in total. The maximum absolute atomic E-state index is 13.6. The minimum Gasteiger partial charge on any atom is -0.316 e. The van der Waals surface area contributed by atoms with Crippen LogP contribution in [0.4, 0.5) is 15.8 Å². The zero-order valence-electron chi connectivity index (χ0n) is 10.3. The number of nitro benzene ring substituents is 1. The van der Waals surface area contributed by atoms with Crippen LogP contribution in [0.1, 0.15) is 10.4 Å². The number of nitro groups is 1. The number of rotatable bonds is 3. The van der Waals surface area contributed by atoms with Gasteiger partial charge in [0.1, 0.15) is 11.5 Å². The molecule has 0 spiro atoms. The molecule has 0 unspecified atom stereocenters. The predicted octanol–water partition coefficient (Wildman–Crippen LogP) is 4.40. The highest BCUT2D eigenvalue weighted by Gasteiger charge is 2.19. The molecule has 0 aliphatic heterocycles. The second-order valence-corrected chi connectivity index (χ2v) is 5.35. The minimum atomic E-state index is -0.792. The molecule has 0 radical (unpaired) electrons. The van der Waals surface area contributed by atoms with Crippen LogP contribution in [0.3, 0.4) is 0 Å². The fraction of sp³-hybridized carbons (Fsp3) is 0. The number of halogens is 3. The number of benzene rings is 2. The predicted molar refractivity (Wildman–Crippen MR) is 80.2 cm³/mol. The van der Waals surface area contributed by atoms with Crippen molar-refractivity contribution in [1.29, 1.82) is 0 Å². The van der Waals surface area contributed by atoms with Crippen LogP contribution in [0, 0.1) is 15.9 Å². The van der Waals surface area contributed by atoms with Gasteiger partial charge in [-0.3, -0.25) is 14.9 Å². The molecule has 0 saturated heterocycles. The molecule has 0 saturated carbocycles. The molecule has 0 heterocycles. The lowest BCUT2D eigenvalue weighted by Gasteiger charge is -2.07. The monoisotopic (exact) mass is 372 g/mol. The van der Waals surface area contributed by atoms with Gasteiger partial charge in [-0.15, -0.1) is 0 Å². The molecule has 21 heavy (non-hydrogen) atoms. The fourth-order valence-electron chi connectivity index (χ4n) is 1.62. The Hall–Kier alpha value is -1.99. The molecule has 0 atom stereocenters. The first-order chi connectivity index (χ1) is 9.88. The number of hydrogen-bond acceptors (Lipinski definition) is 3. The Morgan fingerprint density at radius 2 is 2.00 bits per heavy atom. The molecule has 2 aromatic carbocycles. The molecule has 0 bridgehead atoms. The van der Waals surface area contributed by atoms with Gasteiger partial charge in [-0.1, -0.05) is 27.5 Å². The van der Waals surface area contributed by atoms with Crippen LogP contribution < -0.4 is 5.32 Å². The highest BCUT2D eigenvalue weighted by atomic mass is 79.9. The first-order valence-electron chi connectivity index (χ1n) is 5.59. The number of carbonyl (C=O) groups is 1. The third-order valence-electron chi connectivity index (χ3n) is 2.58. The van der Waals surface area contributed by atoms with Crippen molar-refractivity contribution in [2.75, 3.05) is 5.32 Å². The van der Waals surface area contributed by atoms with Crippen molar-refractivity contribution in [3.05, 3.63) is 67.4 Å². The molecule has 5 nitrogen and oxygen atoms in total. The Bertz CT molecular complexity index is 739. The van der Waals surface area contributed by atoms with Gasteiger partial charge in [0.2, 0.25) is 0 Å². The van der Waals surface area contributed by atoms with Gasteiger partial charge in [0.15, 0.2) is 0 Å². The maximum Gasteiger partial charge on any atom is 0.294 e. The van der Waals surface area contributed by atoms with Gasteiger partial charge < -0.3 is 5.32 Å². The summed E-state index contributed by atoms with van der Waals surface area (Å²) in [6.07, 6.45) is 0. The summed E-state index contributed by atoms with van der Waals surface area (Å²) in [6.45, 7) is 0. The second kappa shape index (κ2) is 6.19. The molecular formula is C13H7BrClFN2O3. The van der Waals surface area contributed by atoms with E-state index in [1.807, 2.05) is 0 Å². The largest absolute Gasteiger partial charge is 0.316 e. The zero-order chi connectivity index (χ0) is 15.6. The van der Waals surface area contributed by atoms with Gasteiger partial charge in [-0.25, -0.2) is 4.39 Å². The Morgan fingerprint density at radius 3 is 2.67 bits per heavy atom. The second-order valence-electron chi connectivity index (χ2n) is 4.00. The van der Waals surface area contributed by atoms with Gasteiger partial charge in [0.25, 0.3) is 11.6 Å². The lowest BCUT2D eigenvalue weighted by Crippen LogP contribution is -2.14. The van der Waals surface area contributed by atoms with E-state index in [9.17, 15) is 19.3 Å². The fourth-order valence-corrected chi connectivity index (χ4v) is 2.15. The summed E-state index contributed by atoms with van der Waals surface area (Å²) >= 11 is 8.80. The Labute approximate surface area is 132 Å². The molecule has 0 fully saturated rings. The van der Waals surface area contributed by atoms with E-state index in [1.165, 1.54) is 24.3 Å². The SMILES string of the molecule is O=C(Nc1ccc(Cl)cc1[N+](=O)[O-])c1cc(Br)ccc1F. The quantitative estimate of drug-likeness (QED) is 0.640. The molecule has 2 rings (SSSR count).